The molecular formula is C14H12ClN3OS. The summed E-state index contributed by atoms with van der Waals surface area (Å²) in [5.41, 5.74) is 2.96. The lowest BCUT2D eigenvalue weighted by Crippen LogP contribution is -1.99. The summed E-state index contributed by atoms with van der Waals surface area (Å²) < 4.78 is 0. The van der Waals surface area contributed by atoms with Crippen molar-refractivity contribution in [1.29, 1.82) is 0 Å². The summed E-state index contributed by atoms with van der Waals surface area (Å²) in [7, 11) is 0. The Bertz CT molecular complexity index is 709. The van der Waals surface area contributed by atoms with Crippen LogP contribution >= 0.6 is 22.9 Å². The van der Waals surface area contributed by atoms with Gasteiger partial charge in [0.25, 0.3) is 0 Å². The topological polar surface area (TPSA) is 60.9 Å². The Morgan fingerprint density at radius 2 is 2.25 bits per heavy atom. The third-order valence-electron chi connectivity index (χ3n) is 2.92. The molecule has 3 aromatic rings. The minimum Gasteiger partial charge on any atom is -0.506 e. The Hall–Kier alpha value is -1.98. The van der Waals surface area contributed by atoms with Crippen LogP contribution in [0.2, 0.25) is 5.02 Å². The summed E-state index contributed by atoms with van der Waals surface area (Å²) in [6, 6.07) is 9.12. The average Bonchev–Trinajstić information content (AvgIpc) is 3.09. The van der Waals surface area contributed by atoms with Gasteiger partial charge >= 0.3 is 0 Å². The zero-order chi connectivity index (χ0) is 13.9. The number of rotatable bonds is 4. The predicted octanol–water partition coefficient (Wildman–Crippen LogP) is 4.11. The first-order valence-electron chi connectivity index (χ1n) is 6.02. The van der Waals surface area contributed by atoms with Crippen molar-refractivity contribution in [3.63, 3.8) is 0 Å². The van der Waals surface area contributed by atoms with Crippen LogP contribution < -0.4 is 5.32 Å². The molecule has 0 amide bonds. The highest BCUT2D eigenvalue weighted by molar-refractivity contribution is 7.13. The van der Waals surface area contributed by atoms with Gasteiger partial charge in [0.15, 0.2) is 0 Å². The summed E-state index contributed by atoms with van der Waals surface area (Å²) in [6.45, 7) is 0.630. The van der Waals surface area contributed by atoms with Gasteiger partial charge in [-0.15, -0.1) is 11.3 Å². The van der Waals surface area contributed by atoms with E-state index in [0.717, 1.165) is 21.8 Å². The van der Waals surface area contributed by atoms with E-state index in [1.54, 1.807) is 29.5 Å². The number of hydrogen-bond donors (Lipinski definition) is 3. The molecule has 0 radical (unpaired) electrons. The minimum atomic E-state index is 0.0832. The first-order valence-corrected chi connectivity index (χ1v) is 7.28. The highest BCUT2D eigenvalue weighted by Crippen LogP contribution is 2.28. The molecule has 3 N–H and O–H groups in total. The van der Waals surface area contributed by atoms with Gasteiger partial charge in [0.2, 0.25) is 0 Å². The Balaban J connectivity index is 1.76. The maximum Gasteiger partial charge on any atom is 0.134 e. The maximum atomic E-state index is 9.39. The van der Waals surface area contributed by atoms with E-state index in [9.17, 15) is 5.11 Å². The molecule has 0 unspecified atom stereocenters. The van der Waals surface area contributed by atoms with Crippen molar-refractivity contribution in [3.05, 3.63) is 52.5 Å². The molecule has 0 fully saturated rings. The lowest BCUT2D eigenvalue weighted by Gasteiger charge is -2.07. The summed E-state index contributed by atoms with van der Waals surface area (Å²) in [5, 5.41) is 22.1. The van der Waals surface area contributed by atoms with Gasteiger partial charge in [-0.1, -0.05) is 17.7 Å². The van der Waals surface area contributed by atoms with Gasteiger partial charge in [0, 0.05) is 17.8 Å². The van der Waals surface area contributed by atoms with E-state index in [1.807, 2.05) is 17.6 Å². The number of benzene rings is 1. The Kier molecular flexibility index (Phi) is 3.62. The van der Waals surface area contributed by atoms with E-state index in [4.69, 9.17) is 11.6 Å². The van der Waals surface area contributed by atoms with Crippen LogP contribution in [0.15, 0.2) is 41.9 Å². The van der Waals surface area contributed by atoms with E-state index in [1.165, 1.54) is 0 Å². The van der Waals surface area contributed by atoms with Gasteiger partial charge in [0.05, 0.1) is 21.8 Å². The van der Waals surface area contributed by atoms with Crippen LogP contribution in [-0.4, -0.2) is 15.3 Å². The summed E-state index contributed by atoms with van der Waals surface area (Å²) >= 11 is 7.55. The molecule has 2 heterocycles. The number of aromatic amines is 1. The standard InChI is InChI=1S/C14H12ClN3OS/c15-11-6-10(3-4-12(11)19)16-7-9-8-17-18-14(9)13-2-1-5-20-13/h1-6,8,16,19H,7H2,(H,17,18). The average molecular weight is 306 g/mol. The molecule has 6 heteroatoms. The van der Waals surface area contributed by atoms with Gasteiger partial charge in [-0.2, -0.15) is 5.10 Å². The van der Waals surface area contributed by atoms with Crippen LogP contribution in [0.4, 0.5) is 5.69 Å². The number of phenols is 1. The van der Waals surface area contributed by atoms with E-state index in [0.29, 0.717) is 11.6 Å². The Labute approximate surface area is 125 Å². The molecule has 0 saturated carbocycles. The molecule has 2 aromatic heterocycles. The van der Waals surface area contributed by atoms with E-state index >= 15 is 0 Å². The molecule has 1 aromatic carbocycles. The number of phenolic OH excluding ortho intramolecular Hbond substituents is 1. The van der Waals surface area contributed by atoms with Gasteiger partial charge in [-0.05, 0) is 29.6 Å². The first kappa shape index (κ1) is 13.0. The molecule has 0 atom stereocenters. The molecule has 0 saturated heterocycles. The van der Waals surface area contributed by atoms with E-state index < -0.39 is 0 Å². The number of aromatic nitrogens is 2. The Morgan fingerprint density at radius 1 is 1.35 bits per heavy atom. The quantitative estimate of drug-likeness (QED) is 0.636. The lowest BCUT2D eigenvalue weighted by atomic mass is 10.2. The molecule has 0 aliphatic carbocycles. The second-order valence-electron chi connectivity index (χ2n) is 4.27. The van der Waals surface area contributed by atoms with Crippen LogP contribution in [0.25, 0.3) is 10.6 Å². The van der Waals surface area contributed by atoms with Gasteiger partial charge in [-0.3, -0.25) is 5.10 Å². The minimum absolute atomic E-state index is 0.0832. The monoisotopic (exact) mass is 305 g/mol. The largest absolute Gasteiger partial charge is 0.506 e. The summed E-state index contributed by atoms with van der Waals surface area (Å²) in [5.74, 6) is 0.0832. The van der Waals surface area contributed by atoms with Crippen LogP contribution in [-0.2, 0) is 6.54 Å². The van der Waals surface area contributed by atoms with Crippen molar-refractivity contribution in [3.8, 4) is 16.3 Å². The first-order chi connectivity index (χ1) is 9.74. The van der Waals surface area contributed by atoms with E-state index in [2.05, 4.69) is 21.6 Å². The molecule has 0 bridgehead atoms. The van der Waals surface area contributed by atoms with Gasteiger partial charge in [0.1, 0.15) is 5.75 Å². The maximum absolute atomic E-state index is 9.39. The summed E-state index contributed by atoms with van der Waals surface area (Å²) in [6.07, 6.45) is 1.81. The molecule has 0 spiro atoms. The van der Waals surface area contributed by atoms with Crippen LogP contribution in [0, 0.1) is 0 Å². The van der Waals surface area contributed by atoms with Crippen molar-refractivity contribution in [1.82, 2.24) is 10.2 Å². The number of hydrogen-bond acceptors (Lipinski definition) is 4. The highest BCUT2D eigenvalue weighted by atomic mass is 35.5. The molecule has 0 aliphatic rings. The Morgan fingerprint density at radius 3 is 3.00 bits per heavy atom. The molecule has 0 aliphatic heterocycles. The highest BCUT2D eigenvalue weighted by Gasteiger charge is 2.08. The van der Waals surface area contributed by atoms with Crippen molar-refractivity contribution in [2.45, 2.75) is 6.54 Å². The second-order valence-corrected chi connectivity index (χ2v) is 5.62. The smallest absolute Gasteiger partial charge is 0.134 e. The fourth-order valence-electron chi connectivity index (χ4n) is 1.89. The second kappa shape index (κ2) is 5.56. The third kappa shape index (κ3) is 2.64. The molecule has 4 nitrogen and oxygen atoms in total. The number of anilines is 1. The number of H-pyrrole nitrogens is 1. The molecule has 20 heavy (non-hydrogen) atoms. The number of halogens is 1. The van der Waals surface area contributed by atoms with E-state index in [-0.39, 0.29) is 5.75 Å². The van der Waals surface area contributed by atoms with Crippen LogP contribution in [0.1, 0.15) is 5.56 Å². The normalized spacial score (nSPS) is 10.7. The number of nitrogens with zero attached hydrogens (tertiary/aromatic N) is 1. The number of aromatic hydroxyl groups is 1. The van der Waals surface area contributed by atoms with Crippen molar-refractivity contribution >= 4 is 28.6 Å². The molecule has 102 valence electrons. The predicted molar refractivity (Wildman–Crippen MR) is 82.3 cm³/mol. The fourth-order valence-corrected chi connectivity index (χ4v) is 2.83. The summed E-state index contributed by atoms with van der Waals surface area (Å²) in [4.78, 5) is 1.16. The number of nitrogens with one attached hydrogen (secondary N) is 2. The zero-order valence-electron chi connectivity index (χ0n) is 10.4. The number of thiophene rings is 1. The van der Waals surface area contributed by atoms with Crippen molar-refractivity contribution in [2.75, 3.05) is 5.32 Å². The van der Waals surface area contributed by atoms with Crippen molar-refractivity contribution < 1.29 is 5.11 Å². The third-order valence-corrected chi connectivity index (χ3v) is 4.11. The SMILES string of the molecule is Oc1ccc(NCc2cn[nH]c2-c2cccs2)cc1Cl. The van der Waals surface area contributed by atoms with Crippen LogP contribution in [0.5, 0.6) is 5.75 Å². The van der Waals surface area contributed by atoms with Crippen molar-refractivity contribution in [2.24, 2.45) is 0 Å². The lowest BCUT2D eigenvalue weighted by molar-refractivity contribution is 0.475. The van der Waals surface area contributed by atoms with Gasteiger partial charge < -0.3 is 10.4 Å². The fraction of sp³-hybridized carbons (Fsp3) is 0.0714. The zero-order valence-corrected chi connectivity index (χ0v) is 12.0. The van der Waals surface area contributed by atoms with Crippen LogP contribution in [0.3, 0.4) is 0 Å². The molecule has 3 rings (SSSR count). The molecular weight excluding hydrogens is 294 g/mol. The van der Waals surface area contributed by atoms with Gasteiger partial charge in [-0.25, -0.2) is 0 Å².